The number of nitrogens with two attached hydrogens (primary N) is 1. The van der Waals surface area contributed by atoms with Crippen LogP contribution in [0.25, 0.3) is 0 Å². The third kappa shape index (κ3) is 3.58. The van der Waals surface area contributed by atoms with Crippen LogP contribution in [0.15, 0.2) is 29.7 Å². The summed E-state index contributed by atoms with van der Waals surface area (Å²) in [5, 5.41) is 0. The topological polar surface area (TPSA) is 63.4 Å². The number of nitrogen functional groups attached to an aromatic ring is 1. The monoisotopic (exact) mass is 282 g/mol. The second kappa shape index (κ2) is 6.21. The Labute approximate surface area is 116 Å². The maximum atomic E-state index is 12.4. The Kier molecular flexibility index (Phi) is 5.14. The van der Waals surface area contributed by atoms with Gasteiger partial charge in [-0.05, 0) is 49.9 Å². The lowest BCUT2D eigenvalue weighted by atomic mass is 10.1. The molecule has 0 aliphatic heterocycles. The van der Waals surface area contributed by atoms with Crippen molar-refractivity contribution in [1.82, 2.24) is 4.31 Å². The summed E-state index contributed by atoms with van der Waals surface area (Å²) in [5.41, 5.74) is 8.07. The normalized spacial score (nSPS) is 11.8. The van der Waals surface area contributed by atoms with Crippen molar-refractivity contribution >= 4 is 15.7 Å². The molecule has 0 aliphatic carbocycles. The fourth-order valence-corrected chi connectivity index (χ4v) is 3.17. The van der Waals surface area contributed by atoms with Crippen LogP contribution in [0.4, 0.5) is 5.69 Å². The van der Waals surface area contributed by atoms with E-state index in [4.69, 9.17) is 5.73 Å². The molecule has 0 radical (unpaired) electrons. The summed E-state index contributed by atoms with van der Waals surface area (Å²) in [6.07, 6.45) is 3.33. The molecule has 0 bridgehead atoms. The smallest absolute Gasteiger partial charge is 0.244 e. The molecule has 1 rings (SSSR count). The van der Waals surface area contributed by atoms with Gasteiger partial charge in [0.2, 0.25) is 10.0 Å². The summed E-state index contributed by atoms with van der Waals surface area (Å²) in [6, 6.07) is 3.35. The van der Waals surface area contributed by atoms with Crippen LogP contribution in [0.1, 0.15) is 24.0 Å². The van der Waals surface area contributed by atoms with Gasteiger partial charge in [0, 0.05) is 13.6 Å². The highest BCUT2D eigenvalue weighted by molar-refractivity contribution is 7.89. The average Bonchev–Trinajstić information content (AvgIpc) is 2.33. The van der Waals surface area contributed by atoms with Crippen molar-refractivity contribution in [2.24, 2.45) is 0 Å². The minimum Gasteiger partial charge on any atom is -0.398 e. The van der Waals surface area contributed by atoms with E-state index in [2.05, 4.69) is 6.58 Å². The van der Waals surface area contributed by atoms with Crippen LogP contribution >= 0.6 is 0 Å². The number of nitrogens with zero attached hydrogens (tertiary/aromatic N) is 1. The van der Waals surface area contributed by atoms with E-state index in [0.717, 1.165) is 24.0 Å². The molecule has 19 heavy (non-hydrogen) atoms. The largest absolute Gasteiger partial charge is 0.398 e. The summed E-state index contributed by atoms with van der Waals surface area (Å²) in [6.45, 7) is 7.88. The number of anilines is 1. The number of unbranched alkanes of at least 4 members (excludes halogenated alkanes) is 1. The molecule has 1 aromatic carbocycles. The van der Waals surface area contributed by atoms with Gasteiger partial charge in [-0.25, -0.2) is 12.7 Å². The second-order valence-electron chi connectivity index (χ2n) is 4.73. The van der Waals surface area contributed by atoms with E-state index >= 15 is 0 Å². The fourth-order valence-electron chi connectivity index (χ4n) is 1.78. The zero-order valence-corrected chi connectivity index (χ0v) is 12.6. The highest BCUT2D eigenvalue weighted by Gasteiger charge is 2.23. The predicted molar refractivity (Wildman–Crippen MR) is 79.6 cm³/mol. The van der Waals surface area contributed by atoms with Crippen LogP contribution < -0.4 is 5.73 Å². The van der Waals surface area contributed by atoms with E-state index in [1.165, 1.54) is 4.31 Å². The minimum absolute atomic E-state index is 0.191. The summed E-state index contributed by atoms with van der Waals surface area (Å²) in [7, 11) is -1.94. The van der Waals surface area contributed by atoms with Crippen molar-refractivity contribution in [3.05, 3.63) is 35.9 Å². The summed E-state index contributed by atoms with van der Waals surface area (Å²) >= 11 is 0. The van der Waals surface area contributed by atoms with Crippen molar-refractivity contribution in [3.8, 4) is 0 Å². The molecule has 0 fully saturated rings. The Morgan fingerprint density at radius 2 is 1.89 bits per heavy atom. The number of hydrogen-bond acceptors (Lipinski definition) is 3. The van der Waals surface area contributed by atoms with Crippen molar-refractivity contribution in [3.63, 3.8) is 0 Å². The lowest BCUT2D eigenvalue weighted by molar-refractivity contribution is 0.463. The van der Waals surface area contributed by atoms with Gasteiger partial charge in [-0.3, -0.25) is 0 Å². The summed E-state index contributed by atoms with van der Waals surface area (Å²) in [4.78, 5) is 0.191. The van der Waals surface area contributed by atoms with E-state index < -0.39 is 10.0 Å². The van der Waals surface area contributed by atoms with Gasteiger partial charge in [-0.15, -0.1) is 6.58 Å². The Morgan fingerprint density at radius 3 is 2.47 bits per heavy atom. The van der Waals surface area contributed by atoms with Crippen LogP contribution in [-0.4, -0.2) is 26.3 Å². The van der Waals surface area contributed by atoms with Gasteiger partial charge in [0.25, 0.3) is 0 Å². The predicted octanol–water partition coefficient (Wildman–Crippen LogP) is 2.47. The van der Waals surface area contributed by atoms with E-state index in [1.54, 1.807) is 25.3 Å². The van der Waals surface area contributed by atoms with Gasteiger partial charge in [-0.1, -0.05) is 6.08 Å². The first kappa shape index (κ1) is 15.7. The maximum absolute atomic E-state index is 12.4. The molecule has 4 nitrogen and oxygen atoms in total. The molecule has 0 heterocycles. The third-order valence-electron chi connectivity index (χ3n) is 3.20. The molecule has 0 unspecified atom stereocenters. The standard InChI is InChI=1S/C14H22N2O2S/c1-5-6-7-8-16(4)19(17,18)14-10-12(3)11(2)9-13(14)15/h5,9-10H,1,6-8,15H2,2-4H3. The van der Waals surface area contributed by atoms with Crippen LogP contribution in [0.2, 0.25) is 0 Å². The van der Waals surface area contributed by atoms with Crippen LogP contribution in [-0.2, 0) is 10.0 Å². The van der Waals surface area contributed by atoms with Crippen LogP contribution in [0.3, 0.4) is 0 Å². The maximum Gasteiger partial charge on any atom is 0.244 e. The van der Waals surface area contributed by atoms with Gasteiger partial charge in [0.1, 0.15) is 4.90 Å². The van der Waals surface area contributed by atoms with Gasteiger partial charge in [-0.2, -0.15) is 0 Å². The summed E-state index contributed by atoms with van der Waals surface area (Å²) in [5.74, 6) is 0. The minimum atomic E-state index is -3.52. The lowest BCUT2D eigenvalue weighted by Crippen LogP contribution is -2.28. The van der Waals surface area contributed by atoms with Crippen molar-refractivity contribution < 1.29 is 8.42 Å². The van der Waals surface area contributed by atoms with Gasteiger partial charge in [0.15, 0.2) is 0 Å². The van der Waals surface area contributed by atoms with E-state index in [-0.39, 0.29) is 4.90 Å². The number of benzene rings is 1. The number of allylic oxidation sites excluding steroid dienone is 1. The molecule has 0 aromatic heterocycles. The average molecular weight is 282 g/mol. The highest BCUT2D eigenvalue weighted by Crippen LogP contribution is 2.25. The first-order valence-corrected chi connectivity index (χ1v) is 7.68. The number of sulfonamides is 1. The Morgan fingerprint density at radius 1 is 1.32 bits per heavy atom. The van der Waals surface area contributed by atoms with Crippen LogP contribution in [0, 0.1) is 13.8 Å². The Hall–Kier alpha value is -1.33. The molecule has 0 amide bonds. The molecule has 0 spiro atoms. The molecular weight excluding hydrogens is 260 g/mol. The first-order chi connectivity index (χ1) is 8.80. The number of rotatable bonds is 6. The molecule has 0 aliphatic rings. The second-order valence-corrected chi connectivity index (χ2v) is 6.75. The number of aryl methyl sites for hydroxylation is 2. The molecule has 5 heteroatoms. The SMILES string of the molecule is C=CCCCN(C)S(=O)(=O)c1cc(C)c(C)cc1N. The zero-order valence-electron chi connectivity index (χ0n) is 11.8. The lowest BCUT2D eigenvalue weighted by Gasteiger charge is -2.19. The van der Waals surface area contributed by atoms with E-state index in [9.17, 15) is 8.42 Å². The van der Waals surface area contributed by atoms with Crippen molar-refractivity contribution in [2.45, 2.75) is 31.6 Å². The third-order valence-corrected chi connectivity index (χ3v) is 5.11. The van der Waals surface area contributed by atoms with Crippen molar-refractivity contribution in [1.29, 1.82) is 0 Å². The quantitative estimate of drug-likeness (QED) is 0.495. The number of hydrogen-bond donors (Lipinski definition) is 1. The van der Waals surface area contributed by atoms with Gasteiger partial charge in [0.05, 0.1) is 5.69 Å². The molecule has 0 saturated heterocycles. The van der Waals surface area contributed by atoms with E-state index in [0.29, 0.717) is 12.2 Å². The molecule has 2 N–H and O–H groups in total. The van der Waals surface area contributed by atoms with E-state index in [1.807, 2.05) is 13.8 Å². The zero-order chi connectivity index (χ0) is 14.6. The van der Waals surface area contributed by atoms with Crippen molar-refractivity contribution in [2.75, 3.05) is 19.3 Å². The highest BCUT2D eigenvalue weighted by atomic mass is 32.2. The molecule has 0 atom stereocenters. The fraction of sp³-hybridized carbons (Fsp3) is 0.429. The molecule has 0 saturated carbocycles. The van der Waals surface area contributed by atoms with Gasteiger partial charge >= 0.3 is 0 Å². The summed E-state index contributed by atoms with van der Waals surface area (Å²) < 4.78 is 26.2. The molecule has 1 aromatic rings. The van der Waals surface area contributed by atoms with Crippen LogP contribution in [0.5, 0.6) is 0 Å². The first-order valence-electron chi connectivity index (χ1n) is 6.24. The van der Waals surface area contributed by atoms with Gasteiger partial charge < -0.3 is 5.73 Å². The molecular formula is C14H22N2O2S. The Bertz CT molecular complexity index is 565. The Balaban J connectivity index is 3.06. The molecule has 106 valence electrons.